The van der Waals surface area contributed by atoms with Gasteiger partial charge >= 0.3 is 23.9 Å². The van der Waals surface area contributed by atoms with Crippen LogP contribution in [0.3, 0.4) is 0 Å². The van der Waals surface area contributed by atoms with E-state index in [4.69, 9.17) is 28.4 Å². The second-order valence-electron chi connectivity index (χ2n) is 17.9. The Balaban J connectivity index is 1.32. The molecule has 2 saturated carbocycles. The fourth-order valence-electron chi connectivity index (χ4n) is 10.6. The van der Waals surface area contributed by atoms with E-state index in [2.05, 4.69) is 0 Å². The number of hydrogen-bond donors (Lipinski definition) is 2. The highest BCUT2D eigenvalue weighted by atomic mass is 16.6. The molecule has 13 nitrogen and oxygen atoms in total. The predicted molar refractivity (Wildman–Crippen MR) is 223 cm³/mol. The fourth-order valence-corrected chi connectivity index (χ4v) is 10.6. The summed E-state index contributed by atoms with van der Waals surface area (Å²) >= 11 is 0. The zero-order valence-corrected chi connectivity index (χ0v) is 36.3. The van der Waals surface area contributed by atoms with Gasteiger partial charge in [0.2, 0.25) is 0 Å². The number of hydrogen-bond acceptors (Lipinski definition) is 13. The third kappa shape index (κ3) is 7.89. The van der Waals surface area contributed by atoms with Gasteiger partial charge in [-0.1, -0.05) is 98.8 Å². The molecule has 0 aromatic heterocycles. The summed E-state index contributed by atoms with van der Waals surface area (Å²) in [5.74, 6) is -4.67. The zero-order chi connectivity index (χ0) is 44.8. The summed E-state index contributed by atoms with van der Waals surface area (Å²) < 4.78 is 37.5. The number of esters is 4. The first-order valence-electron chi connectivity index (χ1n) is 21.1. The van der Waals surface area contributed by atoms with Crippen molar-refractivity contribution in [1.29, 1.82) is 0 Å². The maximum atomic E-state index is 15.9. The molecule has 1 unspecified atom stereocenters. The average molecular weight is 853 g/mol. The van der Waals surface area contributed by atoms with Crippen LogP contribution in [0.5, 0.6) is 0 Å². The minimum absolute atomic E-state index is 0.0540. The molecule has 1 saturated heterocycles. The minimum atomic E-state index is -2.01. The van der Waals surface area contributed by atoms with Crippen LogP contribution in [0.2, 0.25) is 0 Å². The lowest BCUT2D eigenvalue weighted by molar-refractivity contribution is -0.352. The molecular formula is C49H56O13. The zero-order valence-electron chi connectivity index (χ0n) is 36.3. The Bertz CT molecular complexity index is 2220. The summed E-state index contributed by atoms with van der Waals surface area (Å²) in [7, 11) is 0. The van der Waals surface area contributed by atoms with Crippen LogP contribution in [0.4, 0.5) is 0 Å². The molecule has 7 rings (SSSR count). The third-order valence-electron chi connectivity index (χ3n) is 13.8. The third-order valence-corrected chi connectivity index (χ3v) is 13.8. The first kappa shape index (κ1) is 44.8. The van der Waals surface area contributed by atoms with Gasteiger partial charge in [0, 0.05) is 51.4 Å². The molecule has 2 bridgehead atoms. The molecule has 330 valence electrons. The Morgan fingerprint density at radius 3 is 2.00 bits per heavy atom. The molecule has 13 heteroatoms. The van der Waals surface area contributed by atoms with Crippen molar-refractivity contribution in [3.63, 3.8) is 0 Å². The monoisotopic (exact) mass is 852 g/mol. The smallest absolute Gasteiger partial charge is 0.306 e. The van der Waals surface area contributed by atoms with Gasteiger partial charge in [0.05, 0.1) is 24.7 Å². The summed E-state index contributed by atoms with van der Waals surface area (Å²) in [5.41, 5.74) is -3.21. The van der Waals surface area contributed by atoms with Crippen molar-refractivity contribution in [2.75, 3.05) is 6.61 Å². The molecule has 10 atom stereocenters. The first-order valence-corrected chi connectivity index (χ1v) is 21.1. The molecular weight excluding hydrogens is 797 g/mol. The molecule has 62 heavy (non-hydrogen) atoms. The van der Waals surface area contributed by atoms with Gasteiger partial charge in [0.1, 0.15) is 30.0 Å². The Morgan fingerprint density at radius 2 is 1.42 bits per heavy atom. The molecule has 4 aliphatic rings. The SMILES string of the molecule is CC(=O)O[C@H]1C(=O)[C@]2(C)[C@@H](OC(=O)CCc3ccc(C(O)c4ccccc4)cc3)C[C@H]3OC[C@@]3(OC(C)=O)[C@H]2[C@H](OCc2ccccc2)[C@]2(O)C[C@H](OC(C)=O)C(C)=C1C2(C)C. The van der Waals surface area contributed by atoms with Crippen LogP contribution in [-0.2, 0) is 65.4 Å². The highest BCUT2D eigenvalue weighted by Crippen LogP contribution is 2.65. The van der Waals surface area contributed by atoms with Crippen molar-refractivity contribution >= 4 is 29.7 Å². The van der Waals surface area contributed by atoms with Gasteiger partial charge < -0.3 is 38.6 Å². The Morgan fingerprint density at radius 1 is 0.806 bits per heavy atom. The molecule has 3 aliphatic carbocycles. The molecule has 0 radical (unpaired) electrons. The topological polar surface area (TPSA) is 181 Å². The largest absolute Gasteiger partial charge is 0.461 e. The van der Waals surface area contributed by atoms with E-state index in [9.17, 15) is 29.4 Å². The van der Waals surface area contributed by atoms with Crippen molar-refractivity contribution in [1.82, 2.24) is 0 Å². The van der Waals surface area contributed by atoms with E-state index in [1.165, 1.54) is 20.8 Å². The van der Waals surface area contributed by atoms with Crippen molar-refractivity contribution < 1.29 is 62.6 Å². The van der Waals surface area contributed by atoms with Gasteiger partial charge in [0.25, 0.3) is 0 Å². The van der Waals surface area contributed by atoms with Crippen LogP contribution < -0.4 is 0 Å². The van der Waals surface area contributed by atoms with Gasteiger partial charge in [0.15, 0.2) is 17.5 Å². The fraction of sp³-hybridized carbons (Fsp3) is 0.490. The van der Waals surface area contributed by atoms with Crippen molar-refractivity contribution in [3.8, 4) is 0 Å². The van der Waals surface area contributed by atoms with Crippen molar-refractivity contribution in [2.45, 2.75) is 129 Å². The van der Waals surface area contributed by atoms with Crippen LogP contribution >= 0.6 is 0 Å². The molecule has 3 fully saturated rings. The number of Topliss-reactive ketones (excluding diaryl/α,β-unsaturated/α-hetero) is 1. The maximum Gasteiger partial charge on any atom is 0.306 e. The van der Waals surface area contributed by atoms with Crippen LogP contribution in [-0.4, -0.2) is 88.2 Å². The standard InChI is InChI=1S/C49H56O13/c1-28-36(59-29(2)50)25-49(56)45(57-26-33-14-10-8-11-15-33)43-47(7,44(55)42(60-30(3)51)40(28)46(49,5)6)37(24-38-48(43,27-58-38)62-31(4)52)61-39(53)23-20-32-18-21-35(22-19-32)41(54)34-16-12-9-13-17-34/h8-19,21-22,36-38,41-43,45,54,56H,20,23-27H2,1-7H3/t36-,37-,38+,41?,42+,43-,45-,47+,48-,49+/m0/s1. The van der Waals surface area contributed by atoms with Gasteiger partial charge in [-0.3, -0.25) is 24.0 Å². The highest BCUT2D eigenvalue weighted by molar-refractivity contribution is 5.95. The molecule has 0 spiro atoms. The van der Waals surface area contributed by atoms with E-state index in [1.807, 2.05) is 72.8 Å². The predicted octanol–water partition coefficient (Wildman–Crippen LogP) is 5.85. The van der Waals surface area contributed by atoms with Crippen LogP contribution in [0.15, 0.2) is 96.1 Å². The van der Waals surface area contributed by atoms with E-state index in [0.717, 1.165) is 16.7 Å². The Kier molecular flexibility index (Phi) is 12.4. The Labute approximate surface area is 361 Å². The lowest BCUT2D eigenvalue weighted by atomic mass is 9.44. The van der Waals surface area contributed by atoms with E-state index in [1.54, 1.807) is 39.8 Å². The van der Waals surface area contributed by atoms with Crippen LogP contribution in [0, 0.1) is 16.7 Å². The second-order valence-corrected chi connectivity index (χ2v) is 17.9. The summed E-state index contributed by atoms with van der Waals surface area (Å²) in [6.45, 7) is 10.2. The lowest BCUT2D eigenvalue weighted by Crippen LogP contribution is -2.82. The number of carbonyl (C=O) groups is 5. The molecule has 2 N–H and O–H groups in total. The van der Waals surface area contributed by atoms with E-state index >= 15 is 4.79 Å². The number of ketones is 1. The van der Waals surface area contributed by atoms with Gasteiger partial charge in [-0.25, -0.2) is 0 Å². The summed E-state index contributed by atoms with van der Waals surface area (Å²) in [4.78, 5) is 68.8. The molecule has 3 aromatic rings. The Hall–Kier alpha value is -5.21. The quantitative estimate of drug-likeness (QED) is 0.126. The van der Waals surface area contributed by atoms with E-state index in [0.29, 0.717) is 11.1 Å². The minimum Gasteiger partial charge on any atom is -0.461 e. The molecule has 1 aliphatic heterocycles. The number of aryl methyl sites for hydroxylation is 1. The molecule has 0 amide bonds. The highest BCUT2D eigenvalue weighted by Gasteiger charge is 2.78. The number of benzene rings is 3. The maximum absolute atomic E-state index is 15.9. The number of carbonyl (C=O) groups excluding carboxylic acids is 5. The molecule has 3 aromatic carbocycles. The number of aliphatic hydroxyl groups is 2. The summed E-state index contributed by atoms with van der Waals surface area (Å²) in [6.07, 6.45) is -7.14. The average Bonchev–Trinajstić information content (AvgIpc) is 3.22. The lowest BCUT2D eigenvalue weighted by Gasteiger charge is -2.68. The van der Waals surface area contributed by atoms with Crippen LogP contribution in [0.25, 0.3) is 0 Å². The second kappa shape index (κ2) is 17.2. The van der Waals surface area contributed by atoms with Gasteiger partial charge in [-0.15, -0.1) is 0 Å². The van der Waals surface area contributed by atoms with Gasteiger partial charge in [-0.05, 0) is 53.7 Å². The van der Waals surface area contributed by atoms with Crippen LogP contribution in [0.1, 0.15) is 96.1 Å². The van der Waals surface area contributed by atoms with Crippen molar-refractivity contribution in [2.24, 2.45) is 16.7 Å². The molecule has 1 heterocycles. The number of aliphatic hydroxyl groups excluding tert-OH is 1. The number of fused-ring (bicyclic) bond motifs is 5. The number of rotatable bonds is 12. The van der Waals surface area contributed by atoms with Crippen molar-refractivity contribution in [3.05, 3.63) is 118 Å². The summed E-state index contributed by atoms with van der Waals surface area (Å²) in [5, 5.41) is 24.5. The first-order chi connectivity index (χ1) is 29.3. The normalized spacial score (nSPS) is 31.5. The van der Waals surface area contributed by atoms with E-state index < -0.39 is 94.2 Å². The summed E-state index contributed by atoms with van der Waals surface area (Å²) in [6, 6.07) is 25.8. The number of ether oxygens (including phenoxy) is 6. The van der Waals surface area contributed by atoms with Gasteiger partial charge in [-0.2, -0.15) is 0 Å². The van der Waals surface area contributed by atoms with E-state index in [-0.39, 0.29) is 44.5 Å².